The summed E-state index contributed by atoms with van der Waals surface area (Å²) in [6.45, 7) is 2.21. The van der Waals surface area contributed by atoms with Gasteiger partial charge in [0.2, 0.25) is 4.21 Å². The third-order valence-corrected chi connectivity index (χ3v) is 6.74. The van der Waals surface area contributed by atoms with Gasteiger partial charge in [0, 0.05) is 5.56 Å². The molecule has 0 amide bonds. The molecule has 0 bridgehead atoms. The zero-order valence-electron chi connectivity index (χ0n) is 10.7. The summed E-state index contributed by atoms with van der Waals surface area (Å²) in [7, 11) is 0.0234. The minimum absolute atomic E-state index is 0.0234. The van der Waals surface area contributed by atoms with Gasteiger partial charge in [0.1, 0.15) is 10.9 Å². The Hall–Kier alpha value is -1.51. The first kappa shape index (κ1) is 12.5. The van der Waals surface area contributed by atoms with Crippen LogP contribution in [0.25, 0.3) is 0 Å². The van der Waals surface area contributed by atoms with Gasteiger partial charge in [-0.15, -0.1) is 0 Å². The lowest BCUT2D eigenvalue weighted by atomic mass is 10.4. The number of aryl methyl sites for hydroxylation is 1. The zero-order valence-corrected chi connectivity index (χ0v) is 12.4. The zero-order chi connectivity index (χ0) is 13.1. The van der Waals surface area contributed by atoms with E-state index in [-0.39, 0.29) is 10.9 Å². The van der Waals surface area contributed by atoms with Gasteiger partial charge in [0.15, 0.2) is 9.79 Å². The molecule has 0 saturated heterocycles. The molecular formula is C17H15S2+. The highest BCUT2D eigenvalue weighted by Crippen LogP contribution is 2.35. The van der Waals surface area contributed by atoms with Gasteiger partial charge < -0.3 is 0 Å². The largest absolute Gasteiger partial charge is 0.223 e. The molecule has 0 spiro atoms. The predicted molar refractivity (Wildman–Crippen MR) is 84.1 cm³/mol. The van der Waals surface area contributed by atoms with Crippen molar-refractivity contribution >= 4 is 22.2 Å². The number of thiophene rings is 1. The highest BCUT2D eigenvalue weighted by molar-refractivity contribution is 7.98. The summed E-state index contributed by atoms with van der Waals surface area (Å²) in [5.41, 5.74) is 1.39. The third-order valence-electron chi connectivity index (χ3n) is 2.96. The summed E-state index contributed by atoms with van der Waals surface area (Å²) in [6.07, 6.45) is 0. The van der Waals surface area contributed by atoms with Crippen molar-refractivity contribution in [2.45, 2.75) is 20.9 Å². The summed E-state index contributed by atoms with van der Waals surface area (Å²) < 4.78 is 1.47. The van der Waals surface area contributed by atoms with E-state index in [4.69, 9.17) is 0 Å². The molecule has 0 aliphatic carbocycles. The molecule has 0 aliphatic rings. The van der Waals surface area contributed by atoms with Gasteiger partial charge in [-0.1, -0.05) is 47.7 Å². The molecule has 0 nitrogen and oxygen atoms in total. The summed E-state index contributed by atoms with van der Waals surface area (Å²) in [6, 6.07) is 23.8. The van der Waals surface area contributed by atoms with Gasteiger partial charge in [-0.25, -0.2) is 0 Å². The summed E-state index contributed by atoms with van der Waals surface area (Å²) in [5, 5.41) is 2.19. The highest BCUT2D eigenvalue weighted by Gasteiger charge is 2.30. The van der Waals surface area contributed by atoms with Crippen LogP contribution < -0.4 is 0 Å². The Balaban J connectivity index is 2.15. The molecule has 19 heavy (non-hydrogen) atoms. The smallest absolute Gasteiger partial charge is 0.0933 e. The first-order valence-electron chi connectivity index (χ1n) is 6.25. The van der Waals surface area contributed by atoms with Gasteiger partial charge in [0.05, 0.1) is 0 Å². The number of hydrogen-bond donors (Lipinski definition) is 0. The fourth-order valence-corrected chi connectivity index (χ4v) is 5.76. The Morgan fingerprint density at radius 1 is 0.737 bits per heavy atom. The standard InChI is InChI=1S/C17H15S2/c1-14-12-13-18-17(14)19(15-8-4-2-5-9-15)16-10-6-3-7-11-16/h2-13H,1H3/q+1. The van der Waals surface area contributed by atoms with Crippen molar-refractivity contribution in [3.63, 3.8) is 0 Å². The molecule has 2 heteroatoms. The van der Waals surface area contributed by atoms with Crippen molar-refractivity contribution in [2.75, 3.05) is 0 Å². The molecule has 3 rings (SSSR count). The van der Waals surface area contributed by atoms with Crippen LogP contribution in [-0.4, -0.2) is 0 Å². The van der Waals surface area contributed by atoms with Crippen molar-refractivity contribution in [3.8, 4) is 0 Å². The van der Waals surface area contributed by atoms with Crippen LogP contribution in [0.15, 0.2) is 86.1 Å². The maximum Gasteiger partial charge on any atom is 0.223 e. The van der Waals surface area contributed by atoms with Gasteiger partial charge in [-0.05, 0) is 42.6 Å². The Labute approximate surface area is 121 Å². The summed E-state index contributed by atoms with van der Waals surface area (Å²) in [5.74, 6) is 0. The first-order valence-corrected chi connectivity index (χ1v) is 8.35. The Morgan fingerprint density at radius 2 is 1.26 bits per heavy atom. The molecule has 0 aliphatic heterocycles. The molecule has 2 aromatic carbocycles. The second kappa shape index (κ2) is 5.64. The van der Waals surface area contributed by atoms with Crippen LogP contribution in [0.3, 0.4) is 0 Å². The Kier molecular flexibility index (Phi) is 3.72. The molecule has 0 N–H and O–H groups in total. The Morgan fingerprint density at radius 3 is 1.68 bits per heavy atom. The highest BCUT2D eigenvalue weighted by atomic mass is 32.2. The molecule has 3 aromatic rings. The summed E-state index contributed by atoms with van der Waals surface area (Å²) >= 11 is 1.86. The fraction of sp³-hybridized carbons (Fsp3) is 0.0588. The van der Waals surface area contributed by atoms with E-state index in [0.29, 0.717) is 0 Å². The molecular weight excluding hydrogens is 268 g/mol. The lowest BCUT2D eigenvalue weighted by Gasteiger charge is -2.06. The van der Waals surface area contributed by atoms with Gasteiger partial charge >= 0.3 is 0 Å². The van der Waals surface area contributed by atoms with Crippen molar-refractivity contribution in [2.24, 2.45) is 0 Å². The van der Waals surface area contributed by atoms with Gasteiger partial charge in [-0.2, -0.15) is 0 Å². The molecule has 0 fully saturated rings. The van der Waals surface area contributed by atoms with Crippen molar-refractivity contribution in [3.05, 3.63) is 77.7 Å². The van der Waals surface area contributed by atoms with E-state index < -0.39 is 0 Å². The Bertz CT molecular complexity index is 602. The quantitative estimate of drug-likeness (QED) is 0.583. The van der Waals surface area contributed by atoms with Gasteiger partial charge in [-0.3, -0.25) is 0 Å². The molecule has 0 radical (unpaired) electrons. The van der Waals surface area contributed by atoms with E-state index in [2.05, 4.69) is 79.0 Å². The molecule has 0 unspecified atom stereocenters. The SMILES string of the molecule is Cc1ccsc1[S+](c1ccccc1)c1ccccc1. The van der Waals surface area contributed by atoms with E-state index in [0.717, 1.165) is 0 Å². The van der Waals surface area contributed by atoms with Crippen molar-refractivity contribution in [1.82, 2.24) is 0 Å². The molecule has 94 valence electrons. The van der Waals surface area contributed by atoms with Crippen molar-refractivity contribution in [1.29, 1.82) is 0 Å². The van der Waals surface area contributed by atoms with Crippen LogP contribution in [0.5, 0.6) is 0 Å². The minimum atomic E-state index is 0.0234. The third kappa shape index (κ3) is 2.60. The lowest BCUT2D eigenvalue weighted by Crippen LogP contribution is -2.03. The number of benzene rings is 2. The number of rotatable bonds is 3. The number of hydrogen-bond acceptors (Lipinski definition) is 1. The fourth-order valence-electron chi connectivity index (χ4n) is 2.03. The van der Waals surface area contributed by atoms with Crippen LogP contribution in [0.2, 0.25) is 0 Å². The maximum absolute atomic E-state index is 2.23. The molecule has 0 saturated carbocycles. The van der Waals surface area contributed by atoms with E-state index in [1.807, 2.05) is 11.3 Å². The minimum Gasteiger partial charge on any atom is -0.0933 e. The van der Waals surface area contributed by atoms with E-state index in [1.54, 1.807) is 0 Å². The average Bonchev–Trinajstić information content (AvgIpc) is 2.88. The van der Waals surface area contributed by atoms with E-state index in [1.165, 1.54) is 19.6 Å². The van der Waals surface area contributed by atoms with E-state index in [9.17, 15) is 0 Å². The normalized spacial score (nSPS) is 10.8. The molecule has 1 heterocycles. The maximum atomic E-state index is 2.23. The molecule has 0 atom stereocenters. The topological polar surface area (TPSA) is 0 Å². The van der Waals surface area contributed by atoms with Crippen LogP contribution in [0, 0.1) is 6.92 Å². The molecule has 1 aromatic heterocycles. The second-order valence-corrected chi connectivity index (χ2v) is 7.46. The van der Waals surface area contributed by atoms with Crippen LogP contribution in [0.1, 0.15) is 5.56 Å². The van der Waals surface area contributed by atoms with E-state index >= 15 is 0 Å². The average molecular weight is 283 g/mol. The lowest BCUT2D eigenvalue weighted by molar-refractivity contribution is 1.33. The first-order chi connectivity index (χ1) is 9.36. The predicted octanol–water partition coefficient (Wildman–Crippen LogP) is 5.15. The second-order valence-electron chi connectivity index (χ2n) is 4.32. The summed E-state index contributed by atoms with van der Waals surface area (Å²) in [4.78, 5) is 2.78. The van der Waals surface area contributed by atoms with Crippen LogP contribution in [-0.2, 0) is 10.9 Å². The van der Waals surface area contributed by atoms with Crippen LogP contribution in [0.4, 0.5) is 0 Å². The van der Waals surface area contributed by atoms with Crippen molar-refractivity contribution < 1.29 is 0 Å². The van der Waals surface area contributed by atoms with Gasteiger partial charge in [0.25, 0.3) is 0 Å². The van der Waals surface area contributed by atoms with Crippen LogP contribution >= 0.6 is 11.3 Å². The monoisotopic (exact) mass is 283 g/mol.